The minimum Gasteiger partial charge on any atom is -0.316 e. The first-order chi connectivity index (χ1) is 9.47. The van der Waals surface area contributed by atoms with Gasteiger partial charge in [-0.1, -0.05) is 34.6 Å². The van der Waals surface area contributed by atoms with Crippen LogP contribution in [-0.4, -0.2) is 37.6 Å². The van der Waals surface area contributed by atoms with E-state index in [1.807, 2.05) is 0 Å². The summed E-state index contributed by atoms with van der Waals surface area (Å²) in [5.74, 6) is 1.64. The van der Waals surface area contributed by atoms with Crippen molar-refractivity contribution >= 4 is 0 Å². The van der Waals surface area contributed by atoms with Gasteiger partial charge in [0.05, 0.1) is 0 Å². The average Bonchev–Trinajstić information content (AvgIpc) is 2.42. The molecule has 0 bridgehead atoms. The van der Waals surface area contributed by atoms with Crippen LogP contribution in [0.25, 0.3) is 0 Å². The highest BCUT2D eigenvalue weighted by Crippen LogP contribution is 2.31. The van der Waals surface area contributed by atoms with Crippen LogP contribution in [0.3, 0.4) is 0 Å². The zero-order chi connectivity index (χ0) is 15.0. The van der Waals surface area contributed by atoms with E-state index in [1.165, 1.54) is 64.8 Å². The van der Waals surface area contributed by atoms with Crippen LogP contribution >= 0.6 is 0 Å². The molecule has 20 heavy (non-hydrogen) atoms. The Morgan fingerprint density at radius 3 is 2.05 bits per heavy atom. The molecule has 1 aliphatic rings. The minimum absolute atomic E-state index is 0.534. The third-order valence-corrected chi connectivity index (χ3v) is 4.92. The summed E-state index contributed by atoms with van der Waals surface area (Å²) in [7, 11) is 0. The van der Waals surface area contributed by atoms with Gasteiger partial charge in [-0.25, -0.2) is 0 Å². The zero-order valence-corrected chi connectivity index (χ0v) is 14.7. The van der Waals surface area contributed by atoms with E-state index in [0.29, 0.717) is 5.41 Å². The van der Waals surface area contributed by atoms with Crippen LogP contribution in [0, 0.1) is 17.3 Å². The van der Waals surface area contributed by atoms with Gasteiger partial charge in [-0.15, -0.1) is 0 Å². The van der Waals surface area contributed by atoms with Gasteiger partial charge in [0, 0.05) is 13.1 Å². The first-order valence-electron chi connectivity index (χ1n) is 8.90. The molecule has 120 valence electrons. The van der Waals surface area contributed by atoms with Crippen molar-refractivity contribution in [2.24, 2.45) is 17.3 Å². The maximum Gasteiger partial charge on any atom is 0.00500 e. The summed E-state index contributed by atoms with van der Waals surface area (Å²) in [6, 6.07) is 0. The topological polar surface area (TPSA) is 15.3 Å². The second-order valence-corrected chi connectivity index (χ2v) is 7.78. The van der Waals surface area contributed by atoms with Gasteiger partial charge in [-0.05, 0) is 69.0 Å². The van der Waals surface area contributed by atoms with Crippen LogP contribution in [0.1, 0.15) is 66.7 Å². The molecule has 0 aromatic heterocycles. The molecule has 0 radical (unpaired) electrons. The molecule has 0 aromatic rings. The monoisotopic (exact) mass is 282 g/mol. The van der Waals surface area contributed by atoms with E-state index < -0.39 is 0 Å². The highest BCUT2D eigenvalue weighted by Gasteiger charge is 2.32. The second-order valence-electron chi connectivity index (χ2n) is 7.78. The largest absolute Gasteiger partial charge is 0.316 e. The van der Waals surface area contributed by atoms with Crippen molar-refractivity contribution in [3.05, 3.63) is 0 Å². The molecule has 1 rings (SSSR count). The van der Waals surface area contributed by atoms with Crippen LogP contribution in [0.15, 0.2) is 0 Å². The molecular weight excluding hydrogens is 244 g/mol. The van der Waals surface area contributed by atoms with E-state index in [1.54, 1.807) is 0 Å². The Kier molecular flexibility index (Phi) is 8.13. The maximum absolute atomic E-state index is 3.64. The molecule has 1 heterocycles. The van der Waals surface area contributed by atoms with Crippen molar-refractivity contribution in [1.29, 1.82) is 0 Å². The van der Waals surface area contributed by atoms with Crippen molar-refractivity contribution < 1.29 is 0 Å². The molecule has 2 nitrogen and oxygen atoms in total. The van der Waals surface area contributed by atoms with Crippen LogP contribution in [0.4, 0.5) is 0 Å². The fourth-order valence-electron chi connectivity index (χ4n) is 3.20. The molecule has 1 unspecified atom stereocenters. The highest BCUT2D eigenvalue weighted by atomic mass is 15.1. The quantitative estimate of drug-likeness (QED) is 0.683. The SMILES string of the molecule is CCC1(CN(CCC(C)C)CCC(C)C)CCCNC1. The molecule has 0 aromatic carbocycles. The smallest absolute Gasteiger partial charge is 0.00500 e. The lowest BCUT2D eigenvalue weighted by molar-refractivity contribution is 0.104. The Morgan fingerprint density at radius 2 is 1.65 bits per heavy atom. The number of hydrogen-bond donors (Lipinski definition) is 1. The number of nitrogens with zero attached hydrogens (tertiary/aromatic N) is 1. The summed E-state index contributed by atoms with van der Waals surface area (Å²) in [5, 5.41) is 3.64. The van der Waals surface area contributed by atoms with Gasteiger partial charge in [0.1, 0.15) is 0 Å². The third kappa shape index (κ3) is 6.58. The van der Waals surface area contributed by atoms with Gasteiger partial charge < -0.3 is 10.2 Å². The summed E-state index contributed by atoms with van der Waals surface area (Å²) < 4.78 is 0. The average molecular weight is 283 g/mol. The van der Waals surface area contributed by atoms with Crippen molar-refractivity contribution in [3.63, 3.8) is 0 Å². The molecular formula is C18H38N2. The Hall–Kier alpha value is -0.0800. The van der Waals surface area contributed by atoms with Gasteiger partial charge in [-0.2, -0.15) is 0 Å². The lowest BCUT2D eigenvalue weighted by atomic mass is 9.77. The Balaban J connectivity index is 2.55. The van der Waals surface area contributed by atoms with Gasteiger partial charge in [-0.3, -0.25) is 0 Å². The van der Waals surface area contributed by atoms with Crippen LogP contribution in [-0.2, 0) is 0 Å². The Labute approximate surface area is 127 Å². The standard InChI is InChI=1S/C18H38N2/c1-6-18(10-7-11-19-14-18)15-20(12-8-16(2)3)13-9-17(4)5/h16-17,19H,6-15H2,1-5H3. The van der Waals surface area contributed by atoms with Gasteiger partial charge >= 0.3 is 0 Å². The molecule has 1 atom stereocenters. The summed E-state index contributed by atoms with van der Waals surface area (Å²) in [6.07, 6.45) is 6.77. The molecule has 0 spiro atoms. The van der Waals surface area contributed by atoms with E-state index in [9.17, 15) is 0 Å². The summed E-state index contributed by atoms with van der Waals surface area (Å²) in [6.45, 7) is 18.1. The van der Waals surface area contributed by atoms with Crippen LogP contribution < -0.4 is 5.32 Å². The van der Waals surface area contributed by atoms with Crippen molar-refractivity contribution in [1.82, 2.24) is 10.2 Å². The van der Waals surface area contributed by atoms with Crippen molar-refractivity contribution in [2.45, 2.75) is 66.7 Å². The molecule has 1 aliphatic heterocycles. The predicted octanol–water partition coefficient (Wildman–Crippen LogP) is 4.16. The number of piperidine rings is 1. The second kappa shape index (κ2) is 9.04. The zero-order valence-electron chi connectivity index (χ0n) is 14.7. The lowest BCUT2D eigenvalue weighted by Gasteiger charge is -2.41. The van der Waals surface area contributed by atoms with Gasteiger partial charge in [0.25, 0.3) is 0 Å². The van der Waals surface area contributed by atoms with E-state index in [0.717, 1.165) is 11.8 Å². The molecule has 0 aliphatic carbocycles. The maximum atomic E-state index is 3.64. The minimum atomic E-state index is 0.534. The molecule has 0 saturated carbocycles. The first kappa shape index (κ1) is 18.0. The van der Waals surface area contributed by atoms with Crippen molar-refractivity contribution in [3.8, 4) is 0 Å². The van der Waals surface area contributed by atoms with Crippen LogP contribution in [0.2, 0.25) is 0 Å². The number of hydrogen-bond acceptors (Lipinski definition) is 2. The molecule has 1 saturated heterocycles. The molecule has 1 fully saturated rings. The van der Waals surface area contributed by atoms with E-state index >= 15 is 0 Å². The van der Waals surface area contributed by atoms with Crippen molar-refractivity contribution in [2.75, 3.05) is 32.7 Å². The van der Waals surface area contributed by atoms with E-state index in [2.05, 4.69) is 44.8 Å². The first-order valence-corrected chi connectivity index (χ1v) is 8.90. The Bertz CT molecular complexity index is 230. The van der Waals surface area contributed by atoms with E-state index in [-0.39, 0.29) is 0 Å². The number of nitrogens with one attached hydrogen (secondary N) is 1. The summed E-state index contributed by atoms with van der Waals surface area (Å²) in [5.41, 5.74) is 0.534. The normalized spacial score (nSPS) is 24.0. The summed E-state index contributed by atoms with van der Waals surface area (Å²) in [4.78, 5) is 2.76. The highest BCUT2D eigenvalue weighted by molar-refractivity contribution is 4.87. The molecule has 2 heteroatoms. The molecule has 1 N–H and O–H groups in total. The Morgan fingerprint density at radius 1 is 1.05 bits per heavy atom. The lowest BCUT2D eigenvalue weighted by Crippen LogP contribution is -2.48. The third-order valence-electron chi connectivity index (χ3n) is 4.92. The fourth-order valence-corrected chi connectivity index (χ4v) is 3.20. The van der Waals surface area contributed by atoms with Gasteiger partial charge in [0.2, 0.25) is 0 Å². The number of rotatable bonds is 9. The summed E-state index contributed by atoms with van der Waals surface area (Å²) >= 11 is 0. The predicted molar refractivity (Wildman–Crippen MR) is 90.2 cm³/mol. The van der Waals surface area contributed by atoms with Crippen LogP contribution in [0.5, 0.6) is 0 Å². The fraction of sp³-hybridized carbons (Fsp3) is 1.00. The molecule has 0 amide bonds. The van der Waals surface area contributed by atoms with Gasteiger partial charge in [0.15, 0.2) is 0 Å². The van der Waals surface area contributed by atoms with E-state index in [4.69, 9.17) is 0 Å².